The van der Waals surface area contributed by atoms with Crippen molar-refractivity contribution in [3.05, 3.63) is 45.7 Å². The predicted molar refractivity (Wildman–Crippen MR) is 82.4 cm³/mol. The van der Waals surface area contributed by atoms with Crippen LogP contribution < -0.4 is 0 Å². The number of para-hydroxylation sites is 1. The number of hydrogen-bond acceptors (Lipinski definition) is 2. The summed E-state index contributed by atoms with van der Waals surface area (Å²) in [6.07, 6.45) is 1.47. The first-order valence-corrected chi connectivity index (χ1v) is 7.55. The number of nitrogens with zero attached hydrogens (tertiary/aromatic N) is 2. The van der Waals surface area contributed by atoms with E-state index in [0.717, 1.165) is 33.5 Å². The smallest absolute Gasteiger partial charge is 0.167 e. The van der Waals surface area contributed by atoms with Crippen LogP contribution in [0, 0.1) is 12.3 Å². The molecule has 1 aliphatic carbocycles. The normalized spacial score (nSPS) is 17.1. The Labute approximate surface area is 127 Å². The fraction of sp³-hybridized carbons (Fsp3) is 0.375. The maximum Gasteiger partial charge on any atom is 0.167 e. The fourth-order valence-electron chi connectivity index (χ4n) is 2.96. The lowest BCUT2D eigenvalue weighted by atomic mass is 9.75. The lowest BCUT2D eigenvalue weighted by Crippen LogP contribution is -2.28. The molecule has 20 heavy (non-hydrogen) atoms. The fourth-order valence-corrected chi connectivity index (χ4v) is 3.42. The Bertz CT molecular complexity index is 700. The van der Waals surface area contributed by atoms with Gasteiger partial charge in [0.25, 0.3) is 0 Å². The van der Waals surface area contributed by atoms with Gasteiger partial charge in [-0.05, 0) is 46.8 Å². The first-order valence-electron chi connectivity index (χ1n) is 6.76. The molecule has 2 aromatic rings. The molecule has 0 radical (unpaired) electrons. The first kappa shape index (κ1) is 13.6. The Morgan fingerprint density at radius 3 is 2.65 bits per heavy atom. The summed E-state index contributed by atoms with van der Waals surface area (Å²) >= 11 is 3.57. The highest BCUT2D eigenvalue weighted by atomic mass is 79.9. The third kappa shape index (κ3) is 2.12. The molecule has 1 aliphatic rings. The molecule has 3 nitrogen and oxygen atoms in total. The molecule has 4 heteroatoms. The minimum atomic E-state index is -0.00440. The van der Waals surface area contributed by atoms with Crippen LogP contribution in [0.15, 0.2) is 28.7 Å². The van der Waals surface area contributed by atoms with Crippen molar-refractivity contribution >= 4 is 21.7 Å². The SMILES string of the molecule is Cc1nn(-c2ccccc2Br)c2c1C(=O)CC(C)(C)C2. The number of halogens is 1. The minimum absolute atomic E-state index is 0.00440. The summed E-state index contributed by atoms with van der Waals surface area (Å²) in [6, 6.07) is 7.97. The van der Waals surface area contributed by atoms with Crippen molar-refractivity contribution in [2.45, 2.75) is 33.6 Å². The molecule has 0 aliphatic heterocycles. The van der Waals surface area contributed by atoms with E-state index in [0.29, 0.717) is 6.42 Å². The van der Waals surface area contributed by atoms with Gasteiger partial charge in [-0.1, -0.05) is 26.0 Å². The molecule has 0 amide bonds. The number of carbonyl (C=O) groups excluding carboxylic acids is 1. The van der Waals surface area contributed by atoms with Crippen LogP contribution in [0.5, 0.6) is 0 Å². The molecule has 0 spiro atoms. The Morgan fingerprint density at radius 1 is 1.25 bits per heavy atom. The van der Waals surface area contributed by atoms with Crippen LogP contribution in [0.4, 0.5) is 0 Å². The van der Waals surface area contributed by atoms with Gasteiger partial charge in [0.1, 0.15) is 0 Å². The standard InChI is InChI=1S/C16H17BrN2O/c1-10-15-13(8-16(2,3)9-14(15)20)19(18-10)12-7-5-4-6-11(12)17/h4-7H,8-9H2,1-3H3. The van der Waals surface area contributed by atoms with Gasteiger partial charge in [0.2, 0.25) is 0 Å². The second kappa shape index (κ2) is 4.55. The van der Waals surface area contributed by atoms with Gasteiger partial charge in [0, 0.05) is 10.9 Å². The van der Waals surface area contributed by atoms with Gasteiger partial charge in [0.15, 0.2) is 5.78 Å². The maximum absolute atomic E-state index is 12.4. The summed E-state index contributed by atoms with van der Waals surface area (Å²) in [4.78, 5) is 12.4. The summed E-state index contributed by atoms with van der Waals surface area (Å²) in [5, 5.41) is 4.61. The van der Waals surface area contributed by atoms with Crippen LogP contribution in [0.3, 0.4) is 0 Å². The van der Waals surface area contributed by atoms with Gasteiger partial charge in [-0.15, -0.1) is 0 Å². The Hall–Kier alpha value is -1.42. The van der Waals surface area contributed by atoms with E-state index in [1.54, 1.807) is 0 Å². The van der Waals surface area contributed by atoms with Gasteiger partial charge in [-0.3, -0.25) is 4.79 Å². The van der Waals surface area contributed by atoms with E-state index in [2.05, 4.69) is 34.9 Å². The quantitative estimate of drug-likeness (QED) is 0.788. The van der Waals surface area contributed by atoms with E-state index in [1.807, 2.05) is 35.9 Å². The largest absolute Gasteiger partial charge is 0.294 e. The van der Waals surface area contributed by atoms with Gasteiger partial charge in [0.05, 0.1) is 22.6 Å². The molecule has 1 aromatic carbocycles. The molecule has 0 atom stereocenters. The number of Topliss-reactive ketones (excluding diaryl/α,β-unsaturated/α-hetero) is 1. The third-order valence-electron chi connectivity index (χ3n) is 3.80. The number of fused-ring (bicyclic) bond motifs is 1. The lowest BCUT2D eigenvalue weighted by Gasteiger charge is -2.29. The third-order valence-corrected chi connectivity index (χ3v) is 4.47. The second-order valence-electron chi connectivity index (χ2n) is 6.21. The zero-order valence-electron chi connectivity index (χ0n) is 11.9. The van der Waals surface area contributed by atoms with E-state index in [9.17, 15) is 4.79 Å². The first-order chi connectivity index (χ1) is 9.39. The van der Waals surface area contributed by atoms with Crippen molar-refractivity contribution in [1.82, 2.24) is 9.78 Å². The molecular formula is C16H17BrN2O. The number of ketones is 1. The zero-order chi connectivity index (χ0) is 14.5. The molecular weight excluding hydrogens is 316 g/mol. The Morgan fingerprint density at radius 2 is 1.95 bits per heavy atom. The number of hydrogen-bond donors (Lipinski definition) is 0. The molecule has 1 aromatic heterocycles. The highest BCUT2D eigenvalue weighted by molar-refractivity contribution is 9.10. The van der Waals surface area contributed by atoms with Crippen molar-refractivity contribution < 1.29 is 4.79 Å². The summed E-state index contributed by atoms with van der Waals surface area (Å²) in [6.45, 7) is 6.20. The van der Waals surface area contributed by atoms with Crippen LogP contribution in [0.2, 0.25) is 0 Å². The molecule has 0 bridgehead atoms. The van der Waals surface area contributed by atoms with Crippen molar-refractivity contribution in [2.24, 2.45) is 5.41 Å². The molecule has 3 rings (SSSR count). The Kier molecular flexibility index (Phi) is 3.09. The number of carbonyl (C=O) groups is 1. The highest BCUT2D eigenvalue weighted by Gasteiger charge is 2.35. The van der Waals surface area contributed by atoms with Crippen LogP contribution >= 0.6 is 15.9 Å². The van der Waals surface area contributed by atoms with E-state index in [4.69, 9.17) is 0 Å². The monoisotopic (exact) mass is 332 g/mol. The van der Waals surface area contributed by atoms with Crippen LogP contribution in [0.25, 0.3) is 5.69 Å². The predicted octanol–water partition coefficient (Wildman–Crippen LogP) is 4.10. The molecule has 0 fully saturated rings. The molecule has 0 unspecified atom stereocenters. The van der Waals surface area contributed by atoms with Crippen LogP contribution in [-0.2, 0) is 6.42 Å². The zero-order valence-corrected chi connectivity index (χ0v) is 13.5. The van der Waals surface area contributed by atoms with E-state index < -0.39 is 0 Å². The van der Waals surface area contributed by atoms with Gasteiger partial charge in [-0.25, -0.2) is 4.68 Å². The second-order valence-corrected chi connectivity index (χ2v) is 7.07. The minimum Gasteiger partial charge on any atom is -0.294 e. The molecule has 1 heterocycles. The maximum atomic E-state index is 12.4. The molecule has 0 N–H and O–H groups in total. The van der Waals surface area contributed by atoms with E-state index >= 15 is 0 Å². The van der Waals surface area contributed by atoms with Crippen molar-refractivity contribution in [2.75, 3.05) is 0 Å². The molecule has 0 saturated heterocycles. The number of aromatic nitrogens is 2. The summed E-state index contributed by atoms with van der Waals surface area (Å²) in [7, 11) is 0. The number of benzene rings is 1. The van der Waals surface area contributed by atoms with Crippen molar-refractivity contribution in [3.8, 4) is 5.69 Å². The average Bonchev–Trinajstić information content (AvgIpc) is 2.65. The van der Waals surface area contributed by atoms with Gasteiger partial charge < -0.3 is 0 Å². The number of aryl methyl sites for hydroxylation is 1. The average molecular weight is 333 g/mol. The van der Waals surface area contributed by atoms with Crippen LogP contribution in [0.1, 0.15) is 42.0 Å². The number of rotatable bonds is 1. The van der Waals surface area contributed by atoms with Gasteiger partial charge >= 0.3 is 0 Å². The van der Waals surface area contributed by atoms with Gasteiger partial charge in [-0.2, -0.15) is 5.10 Å². The van der Waals surface area contributed by atoms with Crippen molar-refractivity contribution in [1.29, 1.82) is 0 Å². The van der Waals surface area contributed by atoms with Crippen molar-refractivity contribution in [3.63, 3.8) is 0 Å². The highest BCUT2D eigenvalue weighted by Crippen LogP contribution is 2.37. The molecule has 104 valence electrons. The van der Waals surface area contributed by atoms with E-state index in [-0.39, 0.29) is 11.2 Å². The summed E-state index contributed by atoms with van der Waals surface area (Å²) in [5.41, 5.74) is 3.67. The summed E-state index contributed by atoms with van der Waals surface area (Å²) < 4.78 is 2.91. The van der Waals surface area contributed by atoms with Crippen LogP contribution in [-0.4, -0.2) is 15.6 Å². The molecule has 0 saturated carbocycles. The lowest BCUT2D eigenvalue weighted by molar-refractivity contribution is 0.0910. The van der Waals surface area contributed by atoms with E-state index in [1.165, 1.54) is 0 Å². The summed E-state index contributed by atoms with van der Waals surface area (Å²) in [5.74, 6) is 0.215. The topological polar surface area (TPSA) is 34.9 Å². The Balaban J connectivity index is 2.23.